The van der Waals surface area contributed by atoms with Crippen molar-refractivity contribution >= 4 is 0 Å². The molecule has 0 aromatic rings. The Hall–Kier alpha value is -0.520. The van der Waals surface area contributed by atoms with E-state index in [0.29, 0.717) is 5.41 Å². The van der Waals surface area contributed by atoms with E-state index < -0.39 is 0 Å². The van der Waals surface area contributed by atoms with Crippen molar-refractivity contribution in [3.05, 3.63) is 23.8 Å². The van der Waals surface area contributed by atoms with Crippen molar-refractivity contribution in [2.45, 2.75) is 52.9 Å². The first-order chi connectivity index (χ1) is 7.01. The van der Waals surface area contributed by atoms with Crippen LogP contribution in [0, 0.1) is 17.3 Å². The van der Waals surface area contributed by atoms with Gasteiger partial charge in [-0.25, -0.2) is 0 Å². The molecule has 3 aliphatic carbocycles. The van der Waals surface area contributed by atoms with Gasteiger partial charge in [0.15, 0.2) is 0 Å². The molecule has 0 aliphatic heterocycles. The minimum Gasteiger partial charge on any atom is -0.100 e. The molecule has 0 amide bonds. The molecule has 15 heavy (non-hydrogen) atoms. The van der Waals surface area contributed by atoms with E-state index in [1.54, 1.807) is 5.57 Å². The van der Waals surface area contributed by atoms with Crippen molar-refractivity contribution in [1.82, 2.24) is 0 Å². The van der Waals surface area contributed by atoms with Crippen LogP contribution in [0.5, 0.6) is 0 Å². The van der Waals surface area contributed by atoms with E-state index in [2.05, 4.69) is 33.4 Å². The van der Waals surface area contributed by atoms with Crippen molar-refractivity contribution in [2.24, 2.45) is 17.3 Å². The summed E-state index contributed by atoms with van der Waals surface area (Å²) in [7, 11) is 0. The molecule has 0 heterocycles. The fourth-order valence-electron chi connectivity index (χ4n) is 3.35. The maximum atomic E-state index is 3.98. The van der Waals surface area contributed by atoms with Crippen LogP contribution in [0.4, 0.5) is 0 Å². The highest BCUT2D eigenvalue weighted by molar-refractivity contribution is 5.23. The van der Waals surface area contributed by atoms with Gasteiger partial charge in [0.25, 0.3) is 0 Å². The molecule has 0 radical (unpaired) electrons. The van der Waals surface area contributed by atoms with Crippen LogP contribution in [0.2, 0.25) is 0 Å². The Morgan fingerprint density at radius 2 is 2.27 bits per heavy atom. The molecule has 2 atom stereocenters. The van der Waals surface area contributed by atoms with Crippen molar-refractivity contribution in [3.8, 4) is 0 Å². The molecule has 0 aromatic carbocycles. The summed E-state index contributed by atoms with van der Waals surface area (Å²) in [5.74, 6) is 1.88. The zero-order chi connectivity index (χ0) is 11.1. The van der Waals surface area contributed by atoms with E-state index in [1.165, 1.54) is 37.7 Å². The van der Waals surface area contributed by atoms with E-state index in [0.717, 1.165) is 11.8 Å². The lowest BCUT2D eigenvalue weighted by molar-refractivity contribution is -0.00834. The van der Waals surface area contributed by atoms with Gasteiger partial charge in [-0.2, -0.15) is 0 Å². The number of allylic oxidation sites excluding steroid dienone is 3. The number of fused-ring (bicyclic) bond motifs is 1. The van der Waals surface area contributed by atoms with Gasteiger partial charge in [-0.3, -0.25) is 0 Å². The molecule has 0 spiro atoms. The summed E-state index contributed by atoms with van der Waals surface area (Å²) in [6.07, 6.45) is 9.15. The van der Waals surface area contributed by atoms with Gasteiger partial charge in [0.05, 0.1) is 0 Å². The minimum absolute atomic E-state index is 0.604. The molecular weight excluding hydrogens is 180 g/mol. The molecule has 2 unspecified atom stereocenters. The standard InChI is InChI=1S/C15H24/c1-11(2)6-5-7-12-8-9-13-10-14(12)15(13,3)4/h8,13-14H,1,5-7,9-10H2,2-4H3. The monoisotopic (exact) mass is 204 g/mol. The first-order valence-electron chi connectivity index (χ1n) is 6.35. The van der Waals surface area contributed by atoms with Crippen LogP contribution in [0.25, 0.3) is 0 Å². The summed E-state index contributed by atoms with van der Waals surface area (Å²) < 4.78 is 0. The van der Waals surface area contributed by atoms with Gasteiger partial charge in [-0.05, 0) is 56.3 Å². The van der Waals surface area contributed by atoms with Crippen LogP contribution >= 0.6 is 0 Å². The molecule has 0 N–H and O–H groups in total. The zero-order valence-electron chi connectivity index (χ0n) is 10.5. The lowest BCUT2D eigenvalue weighted by Gasteiger charge is -2.56. The third-order valence-electron chi connectivity index (χ3n) is 4.65. The Labute approximate surface area is 94.5 Å². The van der Waals surface area contributed by atoms with Gasteiger partial charge in [0, 0.05) is 0 Å². The number of rotatable bonds is 4. The van der Waals surface area contributed by atoms with Gasteiger partial charge in [-0.15, -0.1) is 6.58 Å². The summed E-state index contributed by atoms with van der Waals surface area (Å²) >= 11 is 0. The number of hydrogen-bond donors (Lipinski definition) is 0. The highest BCUT2D eigenvalue weighted by Crippen LogP contribution is 2.59. The molecule has 0 nitrogen and oxygen atoms in total. The Morgan fingerprint density at radius 1 is 1.53 bits per heavy atom. The van der Waals surface area contributed by atoms with E-state index in [9.17, 15) is 0 Å². The van der Waals surface area contributed by atoms with Crippen LogP contribution in [0.15, 0.2) is 23.8 Å². The van der Waals surface area contributed by atoms with Crippen LogP contribution < -0.4 is 0 Å². The van der Waals surface area contributed by atoms with Crippen LogP contribution in [-0.4, -0.2) is 0 Å². The Kier molecular flexibility index (Phi) is 2.79. The van der Waals surface area contributed by atoms with Crippen molar-refractivity contribution in [3.63, 3.8) is 0 Å². The summed E-state index contributed by atoms with van der Waals surface area (Å²) in [6, 6.07) is 0. The second-order valence-corrected chi connectivity index (χ2v) is 6.13. The van der Waals surface area contributed by atoms with Gasteiger partial charge < -0.3 is 0 Å². The van der Waals surface area contributed by atoms with Crippen molar-refractivity contribution in [2.75, 3.05) is 0 Å². The fraction of sp³-hybridized carbons (Fsp3) is 0.733. The molecule has 2 bridgehead atoms. The summed E-state index contributed by atoms with van der Waals surface area (Å²) in [4.78, 5) is 0. The zero-order valence-corrected chi connectivity index (χ0v) is 10.5. The normalized spacial score (nSPS) is 31.8. The summed E-state index contributed by atoms with van der Waals surface area (Å²) in [5.41, 5.74) is 3.69. The lowest BCUT2D eigenvalue weighted by Crippen LogP contribution is -2.47. The van der Waals surface area contributed by atoms with Gasteiger partial charge in [0.2, 0.25) is 0 Å². The third kappa shape index (κ3) is 1.91. The Bertz CT molecular complexity index is 293. The molecule has 1 saturated carbocycles. The Morgan fingerprint density at radius 3 is 2.80 bits per heavy atom. The van der Waals surface area contributed by atoms with Gasteiger partial charge in [-0.1, -0.05) is 31.1 Å². The van der Waals surface area contributed by atoms with Crippen LogP contribution in [-0.2, 0) is 0 Å². The highest BCUT2D eigenvalue weighted by atomic mass is 14.5. The molecule has 0 heteroatoms. The predicted molar refractivity (Wildman–Crippen MR) is 66.7 cm³/mol. The molecule has 3 rings (SSSR count). The quantitative estimate of drug-likeness (QED) is 0.581. The largest absolute Gasteiger partial charge is 0.100 e. The van der Waals surface area contributed by atoms with Crippen molar-refractivity contribution in [1.29, 1.82) is 0 Å². The number of hydrogen-bond acceptors (Lipinski definition) is 0. The smallest absolute Gasteiger partial charge is 0.0146 e. The second-order valence-electron chi connectivity index (χ2n) is 6.13. The summed E-state index contributed by atoms with van der Waals surface area (Å²) in [6.45, 7) is 11.0. The molecule has 0 aromatic heterocycles. The van der Waals surface area contributed by atoms with Gasteiger partial charge in [0.1, 0.15) is 0 Å². The molecule has 3 aliphatic rings. The first-order valence-corrected chi connectivity index (χ1v) is 6.35. The van der Waals surface area contributed by atoms with Gasteiger partial charge >= 0.3 is 0 Å². The van der Waals surface area contributed by atoms with Crippen LogP contribution in [0.1, 0.15) is 52.9 Å². The molecular formula is C15H24. The highest BCUT2D eigenvalue weighted by Gasteiger charge is 2.50. The fourth-order valence-corrected chi connectivity index (χ4v) is 3.35. The van der Waals surface area contributed by atoms with E-state index in [-0.39, 0.29) is 0 Å². The second kappa shape index (κ2) is 3.81. The predicted octanol–water partition coefficient (Wildman–Crippen LogP) is 4.73. The van der Waals surface area contributed by atoms with Crippen LogP contribution in [0.3, 0.4) is 0 Å². The average molecular weight is 204 g/mol. The molecule has 1 fully saturated rings. The topological polar surface area (TPSA) is 0 Å². The average Bonchev–Trinajstić information content (AvgIpc) is 2.17. The third-order valence-corrected chi connectivity index (χ3v) is 4.65. The first kappa shape index (κ1) is 11.0. The summed E-state index contributed by atoms with van der Waals surface area (Å²) in [5, 5.41) is 0. The maximum Gasteiger partial charge on any atom is -0.0146 e. The van der Waals surface area contributed by atoms with Crippen molar-refractivity contribution < 1.29 is 0 Å². The Balaban J connectivity index is 1.88. The minimum atomic E-state index is 0.604. The van der Waals surface area contributed by atoms with E-state index >= 15 is 0 Å². The van der Waals surface area contributed by atoms with E-state index in [4.69, 9.17) is 0 Å². The lowest BCUT2D eigenvalue weighted by atomic mass is 9.48. The van der Waals surface area contributed by atoms with E-state index in [1.807, 2.05) is 0 Å². The SMILES string of the molecule is C=C(C)CCCC1=CCC2CC1C2(C)C. The molecule has 0 saturated heterocycles. The molecule has 84 valence electrons. The maximum absolute atomic E-state index is 3.98.